The van der Waals surface area contributed by atoms with Crippen molar-refractivity contribution in [3.63, 3.8) is 0 Å². The molecule has 4 heteroatoms. The number of phenols is 1. The average molecular weight is 258 g/mol. The standard InChI is InChI=1S/C15H18N2O2/c1-11(2)19-14-4-3-9-16-15(14)17-10-12-5-7-13(18)8-6-12/h3-9,11,18H,10H2,1-2H3,(H,16,17). The SMILES string of the molecule is CC(C)Oc1cccnc1NCc1ccc(O)cc1. The van der Waals surface area contributed by atoms with Crippen molar-refractivity contribution >= 4 is 5.82 Å². The molecule has 2 N–H and O–H groups in total. The lowest BCUT2D eigenvalue weighted by Crippen LogP contribution is -2.09. The molecule has 0 spiro atoms. The smallest absolute Gasteiger partial charge is 0.169 e. The van der Waals surface area contributed by atoms with Crippen LogP contribution in [-0.4, -0.2) is 16.2 Å². The lowest BCUT2D eigenvalue weighted by molar-refractivity contribution is 0.243. The Morgan fingerprint density at radius 1 is 1.21 bits per heavy atom. The van der Waals surface area contributed by atoms with E-state index in [2.05, 4.69) is 10.3 Å². The molecule has 0 saturated heterocycles. The van der Waals surface area contributed by atoms with Gasteiger partial charge in [-0.05, 0) is 43.7 Å². The molecule has 1 aromatic heterocycles. The molecule has 0 aliphatic heterocycles. The molecular formula is C15H18N2O2. The highest BCUT2D eigenvalue weighted by Crippen LogP contribution is 2.22. The highest BCUT2D eigenvalue weighted by molar-refractivity contribution is 5.50. The molecule has 0 aliphatic rings. The van der Waals surface area contributed by atoms with Gasteiger partial charge in [0.2, 0.25) is 0 Å². The van der Waals surface area contributed by atoms with Gasteiger partial charge in [-0.15, -0.1) is 0 Å². The Kier molecular flexibility index (Phi) is 4.23. The molecule has 0 saturated carbocycles. The van der Waals surface area contributed by atoms with Crippen molar-refractivity contribution < 1.29 is 9.84 Å². The van der Waals surface area contributed by atoms with Gasteiger partial charge in [-0.3, -0.25) is 0 Å². The van der Waals surface area contributed by atoms with Crippen LogP contribution in [0, 0.1) is 0 Å². The number of nitrogens with one attached hydrogen (secondary N) is 1. The van der Waals surface area contributed by atoms with Gasteiger partial charge < -0.3 is 15.2 Å². The fraction of sp³-hybridized carbons (Fsp3) is 0.267. The number of hydrogen-bond donors (Lipinski definition) is 2. The second-order valence-electron chi connectivity index (χ2n) is 4.54. The van der Waals surface area contributed by atoms with Crippen molar-refractivity contribution in [2.75, 3.05) is 5.32 Å². The molecule has 4 nitrogen and oxygen atoms in total. The van der Waals surface area contributed by atoms with Gasteiger partial charge in [-0.25, -0.2) is 4.98 Å². The van der Waals surface area contributed by atoms with Crippen molar-refractivity contribution in [2.45, 2.75) is 26.5 Å². The minimum atomic E-state index is 0.110. The highest BCUT2D eigenvalue weighted by Gasteiger charge is 2.05. The number of anilines is 1. The van der Waals surface area contributed by atoms with Gasteiger partial charge in [-0.2, -0.15) is 0 Å². The fourth-order valence-electron chi connectivity index (χ4n) is 1.67. The van der Waals surface area contributed by atoms with Crippen LogP contribution >= 0.6 is 0 Å². The van der Waals surface area contributed by atoms with Gasteiger partial charge in [0.15, 0.2) is 11.6 Å². The Labute approximate surface area is 113 Å². The van der Waals surface area contributed by atoms with Crippen molar-refractivity contribution in [3.05, 3.63) is 48.2 Å². The van der Waals surface area contributed by atoms with E-state index in [0.29, 0.717) is 6.54 Å². The highest BCUT2D eigenvalue weighted by atomic mass is 16.5. The van der Waals surface area contributed by atoms with E-state index in [1.165, 1.54) is 0 Å². The Morgan fingerprint density at radius 2 is 1.95 bits per heavy atom. The molecule has 0 aliphatic carbocycles. The monoisotopic (exact) mass is 258 g/mol. The topological polar surface area (TPSA) is 54.4 Å². The molecule has 1 aromatic carbocycles. The lowest BCUT2D eigenvalue weighted by Gasteiger charge is -2.14. The molecule has 2 aromatic rings. The van der Waals surface area contributed by atoms with Crippen molar-refractivity contribution in [2.24, 2.45) is 0 Å². The van der Waals surface area contributed by atoms with Gasteiger partial charge in [0.25, 0.3) is 0 Å². The third kappa shape index (κ3) is 3.88. The van der Waals surface area contributed by atoms with E-state index < -0.39 is 0 Å². The van der Waals surface area contributed by atoms with E-state index >= 15 is 0 Å². The van der Waals surface area contributed by atoms with Crippen molar-refractivity contribution in [1.29, 1.82) is 0 Å². The zero-order chi connectivity index (χ0) is 13.7. The van der Waals surface area contributed by atoms with Gasteiger partial charge >= 0.3 is 0 Å². The van der Waals surface area contributed by atoms with Crippen LogP contribution in [-0.2, 0) is 6.54 Å². The number of pyridine rings is 1. The Bertz CT molecular complexity index is 524. The predicted molar refractivity (Wildman–Crippen MR) is 75.4 cm³/mol. The van der Waals surface area contributed by atoms with E-state index in [4.69, 9.17) is 4.74 Å². The van der Waals surface area contributed by atoms with E-state index in [0.717, 1.165) is 17.1 Å². The van der Waals surface area contributed by atoms with Gasteiger partial charge in [0.05, 0.1) is 6.10 Å². The molecule has 0 unspecified atom stereocenters. The number of ether oxygens (including phenoxy) is 1. The van der Waals surface area contributed by atoms with E-state index in [1.54, 1.807) is 18.3 Å². The van der Waals surface area contributed by atoms with Crippen LogP contribution in [0.4, 0.5) is 5.82 Å². The zero-order valence-electron chi connectivity index (χ0n) is 11.1. The van der Waals surface area contributed by atoms with Crippen LogP contribution in [0.2, 0.25) is 0 Å². The van der Waals surface area contributed by atoms with Crippen LogP contribution in [0.1, 0.15) is 19.4 Å². The van der Waals surface area contributed by atoms with Gasteiger partial charge in [-0.1, -0.05) is 12.1 Å². The minimum absolute atomic E-state index is 0.110. The van der Waals surface area contributed by atoms with E-state index in [9.17, 15) is 5.11 Å². The Balaban J connectivity index is 2.04. The number of phenolic OH excluding ortho intramolecular Hbond substituents is 1. The van der Waals surface area contributed by atoms with E-state index in [1.807, 2.05) is 38.1 Å². The number of rotatable bonds is 5. The molecule has 2 rings (SSSR count). The third-order valence-corrected chi connectivity index (χ3v) is 2.53. The van der Waals surface area contributed by atoms with Crippen LogP contribution in [0.5, 0.6) is 11.5 Å². The van der Waals surface area contributed by atoms with Crippen LogP contribution in [0.3, 0.4) is 0 Å². The second-order valence-corrected chi connectivity index (χ2v) is 4.54. The maximum absolute atomic E-state index is 9.23. The first-order valence-electron chi connectivity index (χ1n) is 6.28. The second kappa shape index (κ2) is 6.09. The summed E-state index contributed by atoms with van der Waals surface area (Å²) >= 11 is 0. The predicted octanol–water partition coefficient (Wildman–Crippen LogP) is 3.19. The van der Waals surface area contributed by atoms with E-state index in [-0.39, 0.29) is 11.9 Å². The summed E-state index contributed by atoms with van der Waals surface area (Å²) in [5.74, 6) is 1.74. The largest absolute Gasteiger partial charge is 0.508 e. The summed E-state index contributed by atoms with van der Waals surface area (Å²) in [6.45, 7) is 4.60. The number of aromatic hydroxyl groups is 1. The zero-order valence-corrected chi connectivity index (χ0v) is 11.1. The van der Waals surface area contributed by atoms with Crippen LogP contribution in [0.15, 0.2) is 42.6 Å². The average Bonchev–Trinajstić information content (AvgIpc) is 2.39. The molecule has 19 heavy (non-hydrogen) atoms. The molecule has 0 atom stereocenters. The van der Waals surface area contributed by atoms with Gasteiger partial charge in [0.1, 0.15) is 5.75 Å². The first-order chi connectivity index (χ1) is 9.15. The summed E-state index contributed by atoms with van der Waals surface area (Å²) in [6, 6.07) is 10.8. The quantitative estimate of drug-likeness (QED) is 0.864. The molecular weight excluding hydrogens is 240 g/mol. The summed E-state index contributed by atoms with van der Waals surface area (Å²) in [7, 11) is 0. The molecule has 1 heterocycles. The Morgan fingerprint density at radius 3 is 2.63 bits per heavy atom. The first kappa shape index (κ1) is 13.2. The summed E-state index contributed by atoms with van der Waals surface area (Å²) in [4.78, 5) is 4.28. The van der Waals surface area contributed by atoms with Crippen molar-refractivity contribution in [1.82, 2.24) is 4.98 Å². The molecule has 0 radical (unpaired) electrons. The molecule has 100 valence electrons. The summed E-state index contributed by atoms with van der Waals surface area (Å²) in [5.41, 5.74) is 1.07. The summed E-state index contributed by atoms with van der Waals surface area (Å²) in [6.07, 6.45) is 1.84. The lowest BCUT2D eigenvalue weighted by atomic mass is 10.2. The minimum Gasteiger partial charge on any atom is -0.508 e. The molecule has 0 bridgehead atoms. The van der Waals surface area contributed by atoms with Crippen LogP contribution in [0.25, 0.3) is 0 Å². The number of benzene rings is 1. The van der Waals surface area contributed by atoms with Crippen molar-refractivity contribution in [3.8, 4) is 11.5 Å². The maximum atomic E-state index is 9.23. The molecule has 0 fully saturated rings. The third-order valence-electron chi connectivity index (χ3n) is 2.53. The summed E-state index contributed by atoms with van der Waals surface area (Å²) < 4.78 is 5.69. The fourth-order valence-corrected chi connectivity index (χ4v) is 1.67. The number of nitrogens with zero attached hydrogens (tertiary/aromatic N) is 1. The number of hydrogen-bond acceptors (Lipinski definition) is 4. The van der Waals surface area contributed by atoms with Crippen LogP contribution < -0.4 is 10.1 Å². The number of aromatic nitrogens is 1. The normalized spacial score (nSPS) is 10.5. The Hall–Kier alpha value is -2.23. The molecule has 0 amide bonds. The first-order valence-corrected chi connectivity index (χ1v) is 6.28. The maximum Gasteiger partial charge on any atom is 0.169 e. The summed E-state index contributed by atoms with van der Waals surface area (Å²) in [5, 5.41) is 12.5. The van der Waals surface area contributed by atoms with Gasteiger partial charge in [0, 0.05) is 12.7 Å².